The maximum Gasteiger partial charge on any atom is 0.338 e. The fraction of sp³-hybridized carbons (Fsp3) is 0.167. The van der Waals surface area contributed by atoms with Crippen molar-refractivity contribution < 1.29 is 14.3 Å². The van der Waals surface area contributed by atoms with Gasteiger partial charge in [-0.05, 0) is 30.7 Å². The lowest BCUT2D eigenvalue weighted by Gasteiger charge is -2.09. The van der Waals surface area contributed by atoms with Crippen molar-refractivity contribution in [2.45, 2.75) is 13.5 Å². The number of aryl methyl sites for hydroxylation is 1. The van der Waals surface area contributed by atoms with Crippen LogP contribution < -0.4 is 10.3 Å². The van der Waals surface area contributed by atoms with Gasteiger partial charge in [-0.2, -0.15) is 0 Å². The molecule has 2 aromatic heterocycles. The van der Waals surface area contributed by atoms with Crippen LogP contribution in [0.25, 0.3) is 5.65 Å². The van der Waals surface area contributed by atoms with Gasteiger partial charge in [0.15, 0.2) is 5.75 Å². The molecule has 0 radical (unpaired) electrons. The van der Waals surface area contributed by atoms with Gasteiger partial charge in [-0.1, -0.05) is 29.3 Å². The maximum atomic E-state index is 12.2. The van der Waals surface area contributed by atoms with Crippen molar-refractivity contribution in [3.8, 4) is 5.75 Å². The van der Waals surface area contributed by atoms with E-state index in [0.717, 1.165) is 5.56 Å². The van der Waals surface area contributed by atoms with Gasteiger partial charge < -0.3 is 9.47 Å². The van der Waals surface area contributed by atoms with Crippen LogP contribution in [0.3, 0.4) is 0 Å². The monoisotopic (exact) mass is 392 g/mol. The second-order valence-electron chi connectivity index (χ2n) is 5.57. The van der Waals surface area contributed by atoms with Gasteiger partial charge in [0, 0.05) is 12.3 Å². The second-order valence-corrected chi connectivity index (χ2v) is 6.38. The van der Waals surface area contributed by atoms with Gasteiger partial charge in [0.25, 0.3) is 5.56 Å². The minimum Gasteiger partial charge on any atom is -0.494 e. The number of nitrogens with zero attached hydrogens (tertiary/aromatic N) is 2. The van der Waals surface area contributed by atoms with E-state index < -0.39 is 5.97 Å². The highest BCUT2D eigenvalue weighted by Crippen LogP contribution is 2.34. The molecule has 1 aromatic carbocycles. The standard InChI is InChI=1S/C18H14Cl2N2O4/c1-10-3-4-15-21-12(7-16(23)22(15)8-10)9-26-18(24)11-5-13(19)17(25-2)14(20)6-11/h3-8H,9H2,1-2H3. The Balaban J connectivity index is 1.81. The molecule has 2 heterocycles. The van der Waals surface area contributed by atoms with Crippen molar-refractivity contribution in [1.82, 2.24) is 9.38 Å². The summed E-state index contributed by atoms with van der Waals surface area (Å²) in [4.78, 5) is 28.7. The molecule has 0 unspecified atom stereocenters. The van der Waals surface area contributed by atoms with Crippen LogP contribution in [-0.2, 0) is 11.3 Å². The highest BCUT2D eigenvalue weighted by molar-refractivity contribution is 6.37. The topological polar surface area (TPSA) is 69.9 Å². The number of esters is 1. The third kappa shape index (κ3) is 3.66. The number of ether oxygens (including phenoxy) is 2. The van der Waals surface area contributed by atoms with Gasteiger partial charge >= 0.3 is 5.97 Å². The van der Waals surface area contributed by atoms with Crippen LogP contribution in [0.4, 0.5) is 0 Å². The zero-order valence-corrected chi connectivity index (χ0v) is 15.5. The van der Waals surface area contributed by atoms with Crippen LogP contribution in [0.5, 0.6) is 5.75 Å². The molecule has 0 saturated carbocycles. The summed E-state index contributed by atoms with van der Waals surface area (Å²) in [6.45, 7) is 1.73. The molecule has 0 spiro atoms. The SMILES string of the molecule is COc1c(Cl)cc(C(=O)OCc2cc(=O)n3cc(C)ccc3n2)cc1Cl. The number of pyridine rings is 1. The van der Waals surface area contributed by atoms with Gasteiger partial charge in [-0.3, -0.25) is 9.20 Å². The highest BCUT2D eigenvalue weighted by atomic mass is 35.5. The van der Waals surface area contributed by atoms with Crippen LogP contribution in [0.15, 0.2) is 41.3 Å². The molecule has 0 aliphatic heterocycles. The average Bonchev–Trinajstić information content (AvgIpc) is 2.60. The molecule has 0 aliphatic carbocycles. The first-order valence-electron chi connectivity index (χ1n) is 7.58. The fourth-order valence-electron chi connectivity index (χ4n) is 2.43. The van der Waals surface area contributed by atoms with E-state index in [1.54, 1.807) is 12.3 Å². The number of benzene rings is 1. The zero-order chi connectivity index (χ0) is 18.8. The Labute approximate surface area is 158 Å². The Hall–Kier alpha value is -2.57. The number of aromatic nitrogens is 2. The van der Waals surface area contributed by atoms with Crippen molar-refractivity contribution in [3.05, 3.63) is 73.7 Å². The van der Waals surface area contributed by atoms with Crippen molar-refractivity contribution >= 4 is 34.8 Å². The Kier molecular flexibility index (Phi) is 5.15. The first-order chi connectivity index (χ1) is 12.4. The molecular weight excluding hydrogens is 379 g/mol. The predicted molar refractivity (Wildman–Crippen MR) is 98.3 cm³/mol. The van der Waals surface area contributed by atoms with E-state index in [2.05, 4.69) is 4.98 Å². The first kappa shape index (κ1) is 18.2. The summed E-state index contributed by atoms with van der Waals surface area (Å²) in [7, 11) is 1.43. The number of halogens is 2. The Bertz CT molecular complexity index is 1040. The number of fused-ring (bicyclic) bond motifs is 1. The van der Waals surface area contributed by atoms with Crippen molar-refractivity contribution in [1.29, 1.82) is 0 Å². The molecule has 0 N–H and O–H groups in total. The van der Waals surface area contributed by atoms with Crippen molar-refractivity contribution in [3.63, 3.8) is 0 Å². The second kappa shape index (κ2) is 7.35. The molecule has 6 nitrogen and oxygen atoms in total. The van der Waals surface area contributed by atoms with Crippen LogP contribution in [0, 0.1) is 6.92 Å². The lowest BCUT2D eigenvalue weighted by Crippen LogP contribution is -2.17. The normalized spacial score (nSPS) is 10.8. The summed E-state index contributed by atoms with van der Waals surface area (Å²) in [6.07, 6.45) is 1.70. The zero-order valence-electron chi connectivity index (χ0n) is 14.0. The molecule has 0 fully saturated rings. The molecule has 26 heavy (non-hydrogen) atoms. The van der Waals surface area contributed by atoms with Crippen LogP contribution in [0.1, 0.15) is 21.6 Å². The first-order valence-corrected chi connectivity index (χ1v) is 8.33. The highest BCUT2D eigenvalue weighted by Gasteiger charge is 2.15. The van der Waals surface area contributed by atoms with Crippen molar-refractivity contribution in [2.24, 2.45) is 0 Å². The fourth-order valence-corrected chi connectivity index (χ4v) is 3.07. The largest absolute Gasteiger partial charge is 0.494 e. The van der Waals surface area contributed by atoms with Gasteiger partial charge in [0.05, 0.1) is 28.4 Å². The number of carbonyl (C=O) groups excluding carboxylic acids is 1. The van der Waals surface area contributed by atoms with E-state index in [9.17, 15) is 9.59 Å². The van der Waals surface area contributed by atoms with Gasteiger partial charge in [-0.25, -0.2) is 9.78 Å². The lowest BCUT2D eigenvalue weighted by atomic mass is 10.2. The quantitative estimate of drug-likeness (QED) is 0.633. The Morgan fingerprint density at radius 2 is 1.88 bits per heavy atom. The average molecular weight is 393 g/mol. The van der Waals surface area contributed by atoms with E-state index in [-0.39, 0.29) is 33.5 Å². The summed E-state index contributed by atoms with van der Waals surface area (Å²) in [5, 5.41) is 0.397. The lowest BCUT2D eigenvalue weighted by molar-refractivity contribution is 0.0467. The van der Waals surface area contributed by atoms with Crippen molar-refractivity contribution in [2.75, 3.05) is 7.11 Å². The third-order valence-corrected chi connectivity index (χ3v) is 4.21. The number of methoxy groups -OCH3 is 1. The molecule has 0 atom stereocenters. The molecule has 134 valence electrons. The van der Waals surface area contributed by atoms with E-state index in [1.165, 1.54) is 29.7 Å². The van der Waals surface area contributed by atoms with Gasteiger partial charge in [-0.15, -0.1) is 0 Å². The van der Waals surface area contributed by atoms with E-state index >= 15 is 0 Å². The third-order valence-electron chi connectivity index (χ3n) is 3.65. The molecule has 0 bridgehead atoms. The molecule has 8 heteroatoms. The summed E-state index contributed by atoms with van der Waals surface area (Å²) < 4.78 is 11.7. The predicted octanol–water partition coefficient (Wildman–Crippen LogP) is 3.68. The smallest absolute Gasteiger partial charge is 0.338 e. The van der Waals surface area contributed by atoms with Crippen LogP contribution >= 0.6 is 23.2 Å². The molecule has 0 amide bonds. The Morgan fingerprint density at radius 3 is 2.54 bits per heavy atom. The Morgan fingerprint density at radius 1 is 1.19 bits per heavy atom. The van der Waals surface area contributed by atoms with E-state index in [1.807, 2.05) is 13.0 Å². The number of carbonyl (C=O) groups is 1. The molecule has 3 rings (SSSR count). The molecular formula is C18H14Cl2N2O4. The summed E-state index contributed by atoms with van der Waals surface area (Å²) in [5.74, 6) is -0.355. The van der Waals surface area contributed by atoms with Crippen LogP contribution in [0.2, 0.25) is 10.0 Å². The number of rotatable bonds is 4. The van der Waals surface area contributed by atoms with Gasteiger partial charge in [0.2, 0.25) is 0 Å². The summed E-state index contributed by atoms with van der Waals surface area (Å²) in [6, 6.07) is 7.71. The molecule has 3 aromatic rings. The summed E-state index contributed by atoms with van der Waals surface area (Å²) in [5.41, 5.74) is 1.69. The van der Waals surface area contributed by atoms with Crippen LogP contribution in [-0.4, -0.2) is 22.5 Å². The molecule has 0 saturated heterocycles. The maximum absolute atomic E-state index is 12.2. The summed E-state index contributed by atoms with van der Waals surface area (Å²) >= 11 is 12.0. The van der Waals surface area contributed by atoms with Gasteiger partial charge in [0.1, 0.15) is 12.3 Å². The number of hydrogen-bond donors (Lipinski definition) is 0. The minimum atomic E-state index is -0.637. The molecule has 0 aliphatic rings. The minimum absolute atomic E-state index is 0.153. The van der Waals surface area contributed by atoms with E-state index in [0.29, 0.717) is 11.3 Å². The van der Waals surface area contributed by atoms with E-state index in [4.69, 9.17) is 32.7 Å². The number of hydrogen-bond acceptors (Lipinski definition) is 5.